The number of hydrogen-bond donors (Lipinski definition) is 2. The maximum atomic E-state index is 12.3. The molecule has 0 bridgehead atoms. The van der Waals surface area contributed by atoms with E-state index >= 15 is 0 Å². The number of fused-ring (bicyclic) bond motifs is 1. The number of aryl methyl sites for hydroxylation is 2. The molecule has 4 rings (SSSR count). The van der Waals surface area contributed by atoms with Crippen molar-refractivity contribution in [2.75, 3.05) is 10.6 Å². The topological polar surface area (TPSA) is 84.0 Å². The zero-order valence-corrected chi connectivity index (χ0v) is 16.4. The van der Waals surface area contributed by atoms with Crippen LogP contribution in [0.4, 0.5) is 10.3 Å². The SMILES string of the molecule is CC(=O)Nc1nc(C(=O)Nc2nc(-c3ccc4c(c3)CCCC4)cs2)cs1. The van der Waals surface area contributed by atoms with Crippen LogP contribution in [-0.2, 0) is 17.6 Å². The van der Waals surface area contributed by atoms with Crippen molar-refractivity contribution in [2.24, 2.45) is 0 Å². The summed E-state index contributed by atoms with van der Waals surface area (Å²) in [4.78, 5) is 32.0. The zero-order valence-electron chi connectivity index (χ0n) is 14.7. The molecule has 138 valence electrons. The number of rotatable bonds is 4. The van der Waals surface area contributed by atoms with E-state index in [1.165, 1.54) is 53.6 Å². The molecular weight excluding hydrogens is 380 g/mol. The Morgan fingerprint density at radius 2 is 1.70 bits per heavy atom. The van der Waals surface area contributed by atoms with Crippen molar-refractivity contribution in [3.8, 4) is 11.3 Å². The van der Waals surface area contributed by atoms with Gasteiger partial charge in [-0.3, -0.25) is 14.9 Å². The highest BCUT2D eigenvalue weighted by Gasteiger charge is 2.15. The van der Waals surface area contributed by atoms with E-state index in [1.807, 2.05) is 5.38 Å². The second-order valence-electron chi connectivity index (χ2n) is 6.40. The summed E-state index contributed by atoms with van der Waals surface area (Å²) < 4.78 is 0. The summed E-state index contributed by atoms with van der Waals surface area (Å²) in [5.41, 5.74) is 5.04. The van der Waals surface area contributed by atoms with Gasteiger partial charge in [0.15, 0.2) is 10.3 Å². The molecule has 0 unspecified atom stereocenters. The van der Waals surface area contributed by atoms with Gasteiger partial charge < -0.3 is 5.32 Å². The third-order valence-electron chi connectivity index (χ3n) is 4.39. The van der Waals surface area contributed by atoms with Crippen molar-refractivity contribution in [3.63, 3.8) is 0 Å². The van der Waals surface area contributed by atoms with Crippen LogP contribution in [0, 0.1) is 0 Å². The highest BCUT2D eigenvalue weighted by atomic mass is 32.1. The van der Waals surface area contributed by atoms with E-state index in [9.17, 15) is 9.59 Å². The molecule has 0 saturated carbocycles. The number of hydrogen-bond acceptors (Lipinski definition) is 6. The highest BCUT2D eigenvalue weighted by molar-refractivity contribution is 7.14. The molecule has 0 spiro atoms. The molecule has 2 N–H and O–H groups in total. The van der Waals surface area contributed by atoms with Crippen LogP contribution >= 0.6 is 22.7 Å². The van der Waals surface area contributed by atoms with Gasteiger partial charge in [0.25, 0.3) is 5.91 Å². The number of nitrogens with one attached hydrogen (secondary N) is 2. The first-order valence-electron chi connectivity index (χ1n) is 8.70. The lowest BCUT2D eigenvalue weighted by atomic mass is 9.90. The smallest absolute Gasteiger partial charge is 0.276 e. The van der Waals surface area contributed by atoms with Crippen molar-refractivity contribution in [2.45, 2.75) is 32.6 Å². The Bertz CT molecular complexity index is 1010. The van der Waals surface area contributed by atoms with Crippen LogP contribution in [0.2, 0.25) is 0 Å². The molecule has 0 fully saturated rings. The Morgan fingerprint density at radius 3 is 2.52 bits per heavy atom. The lowest BCUT2D eigenvalue weighted by molar-refractivity contribution is -0.114. The van der Waals surface area contributed by atoms with Crippen LogP contribution in [0.15, 0.2) is 29.0 Å². The largest absolute Gasteiger partial charge is 0.302 e. The van der Waals surface area contributed by atoms with Gasteiger partial charge in [-0.05, 0) is 42.9 Å². The number of carbonyl (C=O) groups excluding carboxylic acids is 2. The third-order valence-corrected chi connectivity index (χ3v) is 5.90. The summed E-state index contributed by atoms with van der Waals surface area (Å²) in [5.74, 6) is -0.555. The van der Waals surface area contributed by atoms with Crippen molar-refractivity contribution in [1.29, 1.82) is 0 Å². The van der Waals surface area contributed by atoms with Crippen molar-refractivity contribution >= 4 is 44.8 Å². The molecule has 3 aromatic rings. The fraction of sp³-hybridized carbons (Fsp3) is 0.263. The lowest BCUT2D eigenvalue weighted by Crippen LogP contribution is -2.13. The Morgan fingerprint density at radius 1 is 0.963 bits per heavy atom. The Balaban J connectivity index is 1.47. The fourth-order valence-corrected chi connectivity index (χ4v) is 4.56. The average molecular weight is 399 g/mol. The van der Waals surface area contributed by atoms with E-state index in [1.54, 1.807) is 5.38 Å². The average Bonchev–Trinajstić information content (AvgIpc) is 3.30. The second-order valence-corrected chi connectivity index (χ2v) is 8.12. The van der Waals surface area contributed by atoms with E-state index in [-0.39, 0.29) is 17.5 Å². The maximum absolute atomic E-state index is 12.3. The monoisotopic (exact) mass is 398 g/mol. The van der Waals surface area contributed by atoms with Crippen LogP contribution in [0.25, 0.3) is 11.3 Å². The molecule has 1 aliphatic carbocycles. The number of amides is 2. The van der Waals surface area contributed by atoms with Gasteiger partial charge in [-0.2, -0.15) is 0 Å². The van der Waals surface area contributed by atoms with Gasteiger partial charge >= 0.3 is 0 Å². The molecule has 2 amide bonds. The van der Waals surface area contributed by atoms with E-state index in [2.05, 4.69) is 38.8 Å². The molecule has 6 nitrogen and oxygen atoms in total. The minimum Gasteiger partial charge on any atom is -0.302 e. The number of anilines is 2. The van der Waals surface area contributed by atoms with E-state index < -0.39 is 0 Å². The van der Waals surface area contributed by atoms with Gasteiger partial charge in [0.1, 0.15) is 5.69 Å². The van der Waals surface area contributed by atoms with E-state index in [4.69, 9.17) is 0 Å². The second kappa shape index (κ2) is 7.58. The van der Waals surface area contributed by atoms with E-state index in [0.717, 1.165) is 24.1 Å². The molecule has 0 saturated heterocycles. The Labute approximate surface area is 164 Å². The van der Waals surface area contributed by atoms with Crippen molar-refractivity contribution in [1.82, 2.24) is 9.97 Å². The number of carbonyl (C=O) groups is 2. The lowest BCUT2D eigenvalue weighted by Gasteiger charge is -2.16. The molecular formula is C19H18N4O2S2. The van der Waals surface area contributed by atoms with Crippen molar-refractivity contribution in [3.05, 3.63) is 45.8 Å². The van der Waals surface area contributed by atoms with Crippen LogP contribution in [0.1, 0.15) is 41.4 Å². The Kier molecular flexibility index (Phi) is 5.00. The predicted molar refractivity (Wildman–Crippen MR) is 109 cm³/mol. The van der Waals surface area contributed by atoms with Gasteiger partial charge in [0.05, 0.1) is 5.69 Å². The summed E-state index contributed by atoms with van der Waals surface area (Å²) in [6.45, 7) is 1.40. The highest BCUT2D eigenvalue weighted by Crippen LogP contribution is 2.30. The molecule has 2 heterocycles. The molecule has 27 heavy (non-hydrogen) atoms. The molecule has 0 aliphatic heterocycles. The van der Waals surface area contributed by atoms with Gasteiger partial charge in [-0.15, -0.1) is 22.7 Å². The zero-order chi connectivity index (χ0) is 18.8. The summed E-state index contributed by atoms with van der Waals surface area (Å²) in [6, 6.07) is 6.51. The summed E-state index contributed by atoms with van der Waals surface area (Å²) in [7, 11) is 0. The summed E-state index contributed by atoms with van der Waals surface area (Å²) in [5, 5.41) is 9.84. The minimum absolute atomic E-state index is 0.217. The summed E-state index contributed by atoms with van der Waals surface area (Å²) in [6.07, 6.45) is 4.78. The minimum atomic E-state index is -0.339. The maximum Gasteiger partial charge on any atom is 0.276 e. The van der Waals surface area contributed by atoms with Crippen LogP contribution in [0.3, 0.4) is 0 Å². The molecule has 2 aromatic heterocycles. The predicted octanol–water partition coefficient (Wildman–Crippen LogP) is 4.36. The number of thiazole rings is 2. The third kappa shape index (κ3) is 4.06. The van der Waals surface area contributed by atoms with Crippen LogP contribution in [0.5, 0.6) is 0 Å². The Hall–Kier alpha value is -2.58. The standard InChI is InChI=1S/C19H18N4O2S2/c1-11(24)20-18-22-16(10-27-18)17(25)23-19-21-15(9-26-19)14-7-6-12-4-2-3-5-13(12)8-14/h6-10H,2-5H2,1H3,(H,20,22,24)(H,21,23,25). The molecule has 1 aromatic carbocycles. The van der Waals surface area contributed by atoms with Crippen LogP contribution < -0.4 is 10.6 Å². The molecule has 8 heteroatoms. The first-order valence-corrected chi connectivity index (χ1v) is 10.5. The van der Waals surface area contributed by atoms with Gasteiger partial charge in [0.2, 0.25) is 5.91 Å². The number of aromatic nitrogens is 2. The van der Waals surface area contributed by atoms with Gasteiger partial charge in [0, 0.05) is 23.2 Å². The number of benzene rings is 1. The van der Waals surface area contributed by atoms with Gasteiger partial charge in [-0.25, -0.2) is 9.97 Å². The van der Waals surface area contributed by atoms with Crippen LogP contribution in [-0.4, -0.2) is 21.8 Å². The first-order chi connectivity index (χ1) is 13.1. The number of nitrogens with zero attached hydrogens (tertiary/aromatic N) is 2. The molecule has 0 atom stereocenters. The molecule has 0 radical (unpaired) electrons. The quantitative estimate of drug-likeness (QED) is 0.684. The van der Waals surface area contributed by atoms with Gasteiger partial charge in [-0.1, -0.05) is 12.1 Å². The first kappa shape index (κ1) is 17.8. The summed E-state index contributed by atoms with van der Waals surface area (Å²) >= 11 is 2.60. The fourth-order valence-electron chi connectivity index (χ4n) is 3.10. The molecule has 1 aliphatic rings. The van der Waals surface area contributed by atoms with E-state index in [0.29, 0.717) is 10.3 Å². The normalized spacial score (nSPS) is 13.1. The van der Waals surface area contributed by atoms with Crippen molar-refractivity contribution < 1.29 is 9.59 Å².